The Morgan fingerprint density at radius 2 is 1.25 bits per heavy atom. The smallest absolute Gasteiger partial charge is 0.328 e. The van der Waals surface area contributed by atoms with Crippen LogP contribution in [-0.4, -0.2) is 36.2 Å². The van der Waals surface area contributed by atoms with Crippen molar-refractivity contribution in [3.05, 3.63) is 101 Å². The molecule has 0 aliphatic heterocycles. The summed E-state index contributed by atoms with van der Waals surface area (Å²) in [4.78, 5) is 36.3. The van der Waals surface area contributed by atoms with Crippen molar-refractivity contribution in [2.75, 3.05) is 13.2 Å². The molecular formula is C41H52O7. The molecule has 0 aliphatic carbocycles. The molecule has 0 heterocycles. The van der Waals surface area contributed by atoms with Crippen LogP contribution in [-0.2, 0) is 38.4 Å². The van der Waals surface area contributed by atoms with Gasteiger partial charge in [0.15, 0.2) is 0 Å². The van der Waals surface area contributed by atoms with E-state index in [1.54, 1.807) is 19.1 Å². The van der Waals surface area contributed by atoms with E-state index in [9.17, 15) is 14.4 Å². The molecule has 0 saturated carbocycles. The zero-order chi connectivity index (χ0) is 34.6. The Morgan fingerprint density at radius 3 is 1.83 bits per heavy atom. The third-order valence-electron chi connectivity index (χ3n) is 8.60. The van der Waals surface area contributed by atoms with E-state index in [1.165, 1.54) is 42.0 Å². The first-order chi connectivity index (χ1) is 23.2. The number of benzene rings is 3. The number of ether oxygens (including phenoxy) is 3. The molecule has 0 amide bonds. The van der Waals surface area contributed by atoms with Gasteiger partial charge in [0, 0.05) is 6.08 Å². The zero-order valence-corrected chi connectivity index (χ0v) is 28.9. The lowest BCUT2D eigenvalue weighted by atomic mass is 9.84. The maximum atomic E-state index is 12.9. The van der Waals surface area contributed by atoms with Crippen molar-refractivity contribution in [1.29, 1.82) is 0 Å². The second kappa shape index (κ2) is 20.8. The molecule has 258 valence electrons. The summed E-state index contributed by atoms with van der Waals surface area (Å²) in [5.41, 5.74) is 3.73. The van der Waals surface area contributed by atoms with Gasteiger partial charge in [0.1, 0.15) is 11.5 Å². The normalized spacial score (nSPS) is 12.4. The van der Waals surface area contributed by atoms with E-state index in [4.69, 9.17) is 19.3 Å². The summed E-state index contributed by atoms with van der Waals surface area (Å²) in [5, 5.41) is 8.71. The maximum Gasteiger partial charge on any atom is 0.328 e. The number of hydrogen-bond acceptors (Lipinski definition) is 6. The Balaban J connectivity index is 1.30. The van der Waals surface area contributed by atoms with E-state index in [1.807, 2.05) is 43.3 Å². The molecule has 1 N–H and O–H groups in total. The van der Waals surface area contributed by atoms with Crippen LogP contribution in [0.15, 0.2) is 78.9 Å². The molecule has 7 nitrogen and oxygen atoms in total. The highest BCUT2D eigenvalue weighted by molar-refractivity contribution is 5.85. The Kier molecular flexibility index (Phi) is 16.5. The van der Waals surface area contributed by atoms with E-state index >= 15 is 0 Å². The zero-order valence-electron chi connectivity index (χ0n) is 28.9. The molecule has 0 saturated heterocycles. The van der Waals surface area contributed by atoms with Gasteiger partial charge in [-0.05, 0) is 117 Å². The predicted molar refractivity (Wildman–Crippen MR) is 190 cm³/mol. The molecule has 0 spiro atoms. The largest absolute Gasteiger partial charge is 0.494 e. The standard InChI is InChI=1S/C41H52O7/c1-4-6-9-12-32-13-15-33(16-14-32)17-18-34-21-26-37(27-22-34)48-39(44)31-41(3,5-2)40(45)47-30-11-8-7-10-29-46-36-24-19-35(20-25-36)23-28-38(42)43/h13-16,19-28H,4-12,17-18,29-31H2,1-3H3,(H,42,43)/b28-23+. The molecule has 1 unspecified atom stereocenters. The highest BCUT2D eigenvalue weighted by Gasteiger charge is 2.36. The van der Waals surface area contributed by atoms with Gasteiger partial charge in [0.25, 0.3) is 0 Å². The highest BCUT2D eigenvalue weighted by Crippen LogP contribution is 2.29. The number of aryl methyl sites for hydroxylation is 3. The van der Waals surface area contributed by atoms with Crippen LogP contribution in [0.25, 0.3) is 6.08 Å². The van der Waals surface area contributed by atoms with Crippen molar-refractivity contribution in [3.8, 4) is 11.5 Å². The second-order valence-corrected chi connectivity index (χ2v) is 12.6. The summed E-state index contributed by atoms with van der Waals surface area (Å²) in [6.07, 6.45) is 13.2. The van der Waals surface area contributed by atoms with Gasteiger partial charge in [-0.2, -0.15) is 0 Å². The third-order valence-corrected chi connectivity index (χ3v) is 8.60. The van der Waals surface area contributed by atoms with Crippen molar-refractivity contribution in [1.82, 2.24) is 0 Å². The fourth-order valence-electron chi connectivity index (χ4n) is 5.22. The van der Waals surface area contributed by atoms with Crippen LogP contribution in [0.1, 0.15) is 101 Å². The Bertz CT molecular complexity index is 1430. The molecule has 1 atom stereocenters. The number of carbonyl (C=O) groups is 3. The van der Waals surface area contributed by atoms with Crippen LogP contribution in [0.3, 0.4) is 0 Å². The fraction of sp³-hybridized carbons (Fsp3) is 0.439. The minimum absolute atomic E-state index is 0.0489. The first-order valence-electron chi connectivity index (χ1n) is 17.4. The lowest BCUT2D eigenvalue weighted by Gasteiger charge is -2.24. The number of unbranched alkanes of at least 4 members (excludes halogenated alkanes) is 5. The Labute approximate surface area is 286 Å². The molecule has 0 aromatic heterocycles. The molecule has 0 fully saturated rings. The van der Waals surface area contributed by atoms with E-state index < -0.39 is 17.4 Å². The fourth-order valence-corrected chi connectivity index (χ4v) is 5.22. The summed E-state index contributed by atoms with van der Waals surface area (Å²) in [5.74, 6) is -0.606. The first-order valence-corrected chi connectivity index (χ1v) is 17.4. The van der Waals surface area contributed by atoms with E-state index in [-0.39, 0.29) is 12.4 Å². The monoisotopic (exact) mass is 656 g/mol. The van der Waals surface area contributed by atoms with Crippen LogP contribution in [0.2, 0.25) is 0 Å². The Hall–Kier alpha value is -4.39. The number of carbonyl (C=O) groups excluding carboxylic acids is 2. The minimum Gasteiger partial charge on any atom is -0.494 e. The molecule has 3 rings (SSSR count). The predicted octanol–water partition coefficient (Wildman–Crippen LogP) is 9.20. The van der Waals surface area contributed by atoms with Crippen molar-refractivity contribution < 1.29 is 33.7 Å². The van der Waals surface area contributed by atoms with Gasteiger partial charge in [-0.1, -0.05) is 75.2 Å². The van der Waals surface area contributed by atoms with Gasteiger partial charge < -0.3 is 19.3 Å². The quantitative estimate of drug-likeness (QED) is 0.0498. The lowest BCUT2D eigenvalue weighted by molar-refractivity contribution is -0.159. The van der Waals surface area contributed by atoms with Crippen LogP contribution >= 0.6 is 0 Å². The number of hydrogen-bond donors (Lipinski definition) is 1. The van der Waals surface area contributed by atoms with Gasteiger partial charge >= 0.3 is 17.9 Å². The summed E-state index contributed by atoms with van der Waals surface area (Å²) in [6.45, 7) is 6.73. The van der Waals surface area contributed by atoms with E-state index in [0.717, 1.165) is 62.3 Å². The van der Waals surface area contributed by atoms with Gasteiger partial charge in [-0.15, -0.1) is 0 Å². The molecular weight excluding hydrogens is 604 g/mol. The number of aliphatic carboxylic acids is 1. The van der Waals surface area contributed by atoms with Crippen molar-refractivity contribution in [3.63, 3.8) is 0 Å². The van der Waals surface area contributed by atoms with Crippen LogP contribution in [0, 0.1) is 5.41 Å². The van der Waals surface area contributed by atoms with Crippen molar-refractivity contribution in [2.24, 2.45) is 5.41 Å². The average molecular weight is 657 g/mol. The molecule has 7 heteroatoms. The Morgan fingerprint density at radius 1 is 0.688 bits per heavy atom. The number of carboxylic acids is 1. The number of carboxylic acid groups (broad SMARTS) is 1. The minimum atomic E-state index is -0.984. The summed E-state index contributed by atoms with van der Waals surface area (Å²) >= 11 is 0. The first kappa shape index (κ1) is 38.1. The van der Waals surface area contributed by atoms with Crippen LogP contribution < -0.4 is 9.47 Å². The van der Waals surface area contributed by atoms with E-state index in [2.05, 4.69) is 31.2 Å². The topological polar surface area (TPSA) is 99.1 Å². The van der Waals surface area contributed by atoms with Crippen LogP contribution in [0.5, 0.6) is 11.5 Å². The molecule has 3 aromatic rings. The SMILES string of the molecule is CCCCCc1ccc(CCc2ccc(OC(=O)CC(C)(CC)C(=O)OCCCCCCOc3ccc(/C=C/C(=O)O)cc3)cc2)cc1. The van der Waals surface area contributed by atoms with E-state index in [0.29, 0.717) is 25.4 Å². The van der Waals surface area contributed by atoms with Gasteiger partial charge in [0.2, 0.25) is 0 Å². The van der Waals surface area contributed by atoms with Crippen molar-refractivity contribution in [2.45, 2.75) is 97.8 Å². The summed E-state index contributed by atoms with van der Waals surface area (Å²) in [7, 11) is 0. The van der Waals surface area contributed by atoms with Crippen LogP contribution in [0.4, 0.5) is 0 Å². The lowest BCUT2D eigenvalue weighted by Crippen LogP contribution is -2.33. The second-order valence-electron chi connectivity index (χ2n) is 12.6. The number of rotatable bonds is 22. The highest BCUT2D eigenvalue weighted by atomic mass is 16.5. The molecule has 0 aliphatic rings. The summed E-state index contributed by atoms with van der Waals surface area (Å²) < 4.78 is 16.9. The molecule has 48 heavy (non-hydrogen) atoms. The summed E-state index contributed by atoms with van der Waals surface area (Å²) in [6, 6.07) is 23.8. The van der Waals surface area contributed by atoms with Gasteiger partial charge in [0.05, 0.1) is 25.0 Å². The molecule has 3 aromatic carbocycles. The average Bonchev–Trinajstić information content (AvgIpc) is 3.09. The van der Waals surface area contributed by atoms with Gasteiger partial charge in [-0.25, -0.2) is 4.79 Å². The maximum absolute atomic E-state index is 12.9. The molecule has 0 bridgehead atoms. The number of esters is 2. The van der Waals surface area contributed by atoms with Crippen molar-refractivity contribution >= 4 is 24.0 Å². The van der Waals surface area contributed by atoms with Gasteiger partial charge in [-0.3, -0.25) is 9.59 Å². The third kappa shape index (κ3) is 14.2. The molecule has 0 radical (unpaired) electrons.